The summed E-state index contributed by atoms with van der Waals surface area (Å²) in [4.78, 5) is 27.4. The molecule has 0 N–H and O–H groups in total. The third kappa shape index (κ3) is 5.61. The van der Waals surface area contributed by atoms with Crippen molar-refractivity contribution in [2.45, 2.75) is 31.8 Å². The number of hydrogen-bond acceptors (Lipinski definition) is 5. The highest BCUT2D eigenvalue weighted by Crippen LogP contribution is 2.44. The normalized spacial score (nSPS) is 15.4. The summed E-state index contributed by atoms with van der Waals surface area (Å²) in [7, 11) is 0. The van der Waals surface area contributed by atoms with Gasteiger partial charge in [0.25, 0.3) is 0 Å². The Bertz CT molecular complexity index is 1330. The van der Waals surface area contributed by atoms with Gasteiger partial charge < -0.3 is 4.74 Å². The van der Waals surface area contributed by atoms with Gasteiger partial charge in [0.15, 0.2) is 5.78 Å². The van der Waals surface area contributed by atoms with Crippen molar-refractivity contribution in [1.82, 2.24) is 14.7 Å². The lowest BCUT2D eigenvalue weighted by Crippen LogP contribution is -2.52. The van der Waals surface area contributed by atoms with Crippen LogP contribution in [0.4, 0.5) is 0 Å². The van der Waals surface area contributed by atoms with E-state index in [9.17, 15) is 9.59 Å². The molecular formula is C33H33N3O3. The molecule has 2 heterocycles. The van der Waals surface area contributed by atoms with Crippen LogP contribution in [-0.4, -0.2) is 46.1 Å². The first-order chi connectivity index (χ1) is 19.1. The minimum Gasteiger partial charge on any atom is -0.466 e. The molecule has 5 rings (SSSR count). The molecule has 0 spiro atoms. The first-order valence-corrected chi connectivity index (χ1v) is 13.4. The monoisotopic (exact) mass is 519 g/mol. The lowest BCUT2D eigenvalue weighted by atomic mass is 9.74. The summed E-state index contributed by atoms with van der Waals surface area (Å²) in [6.45, 7) is 3.72. The number of benzene rings is 3. The summed E-state index contributed by atoms with van der Waals surface area (Å²) in [6, 6.07) is 31.6. The number of rotatable bonds is 9. The largest absolute Gasteiger partial charge is 0.466 e. The summed E-state index contributed by atoms with van der Waals surface area (Å²) >= 11 is 0. The fourth-order valence-corrected chi connectivity index (χ4v) is 5.48. The molecular weight excluding hydrogens is 486 g/mol. The molecule has 1 saturated heterocycles. The van der Waals surface area contributed by atoms with Gasteiger partial charge in [-0.2, -0.15) is 5.10 Å². The van der Waals surface area contributed by atoms with Gasteiger partial charge in [-0.3, -0.25) is 19.2 Å². The van der Waals surface area contributed by atoms with Gasteiger partial charge in [0.1, 0.15) is 0 Å². The first-order valence-electron chi connectivity index (χ1n) is 13.4. The van der Waals surface area contributed by atoms with Crippen LogP contribution in [0.5, 0.6) is 0 Å². The standard InChI is InChI=1S/C33H33N3O3/c1-2-39-32(38)19-21-36-24-26(23-34-36)22-27-25-35(20-18-31(27)37)33(28-12-6-3-7-13-28,29-14-8-4-9-15-29)30-16-10-5-11-17-30/h3-17,22-24H,2,18-21,25H2,1H3/b27-22-. The smallest absolute Gasteiger partial charge is 0.307 e. The molecule has 0 atom stereocenters. The third-order valence-corrected chi connectivity index (χ3v) is 7.22. The van der Waals surface area contributed by atoms with Crippen molar-refractivity contribution in [2.24, 2.45) is 0 Å². The summed E-state index contributed by atoms with van der Waals surface area (Å²) in [5, 5.41) is 4.39. The molecule has 198 valence electrons. The number of ether oxygens (including phenoxy) is 1. The molecule has 0 saturated carbocycles. The Morgan fingerprint density at radius 3 is 2.03 bits per heavy atom. The van der Waals surface area contributed by atoms with Crippen molar-refractivity contribution < 1.29 is 14.3 Å². The van der Waals surface area contributed by atoms with Crippen molar-refractivity contribution in [1.29, 1.82) is 0 Å². The number of aryl methyl sites for hydroxylation is 1. The average molecular weight is 520 g/mol. The second-order valence-corrected chi connectivity index (χ2v) is 9.66. The third-order valence-electron chi connectivity index (χ3n) is 7.22. The lowest BCUT2D eigenvalue weighted by molar-refractivity contribution is -0.143. The highest BCUT2D eigenvalue weighted by Gasteiger charge is 2.44. The van der Waals surface area contributed by atoms with Gasteiger partial charge >= 0.3 is 5.97 Å². The number of hydrogen-bond donors (Lipinski definition) is 0. The van der Waals surface area contributed by atoms with Crippen LogP contribution in [-0.2, 0) is 26.4 Å². The first kappa shape index (κ1) is 26.3. The second kappa shape index (κ2) is 12.0. The molecule has 0 bridgehead atoms. The zero-order valence-corrected chi connectivity index (χ0v) is 22.2. The van der Waals surface area contributed by atoms with E-state index < -0.39 is 5.54 Å². The summed E-state index contributed by atoms with van der Waals surface area (Å²) in [5.41, 5.74) is 4.48. The van der Waals surface area contributed by atoms with Crippen molar-refractivity contribution in [3.63, 3.8) is 0 Å². The Morgan fingerprint density at radius 2 is 1.49 bits per heavy atom. The van der Waals surface area contributed by atoms with E-state index >= 15 is 0 Å². The van der Waals surface area contributed by atoms with Crippen LogP contribution in [0.3, 0.4) is 0 Å². The number of piperidine rings is 1. The van der Waals surface area contributed by atoms with E-state index in [-0.39, 0.29) is 18.2 Å². The SMILES string of the molecule is CCOC(=O)CCn1cc(/C=C2/CN(C(c3ccccc3)(c3ccccc3)c3ccccc3)CCC2=O)cn1. The Balaban J connectivity index is 1.53. The number of ketones is 1. The van der Waals surface area contributed by atoms with Crippen molar-refractivity contribution in [2.75, 3.05) is 19.7 Å². The predicted octanol–water partition coefficient (Wildman–Crippen LogP) is 5.49. The number of carbonyl (C=O) groups is 2. The number of Topliss-reactive ketones (excluding diaryl/α,β-unsaturated/α-hetero) is 1. The predicted molar refractivity (Wildman–Crippen MR) is 152 cm³/mol. The van der Waals surface area contributed by atoms with E-state index in [4.69, 9.17) is 4.74 Å². The van der Waals surface area contributed by atoms with Gasteiger partial charge in [0.05, 0.1) is 31.3 Å². The average Bonchev–Trinajstić information content (AvgIpc) is 3.43. The van der Waals surface area contributed by atoms with Crippen LogP contribution >= 0.6 is 0 Å². The molecule has 39 heavy (non-hydrogen) atoms. The minimum absolute atomic E-state index is 0.147. The maximum absolute atomic E-state index is 13.2. The fraction of sp³-hybridized carbons (Fsp3) is 0.242. The van der Waals surface area contributed by atoms with Crippen LogP contribution in [0.25, 0.3) is 6.08 Å². The van der Waals surface area contributed by atoms with Crippen LogP contribution < -0.4 is 0 Å². The van der Waals surface area contributed by atoms with Crippen LogP contribution in [0.15, 0.2) is 109 Å². The number of aromatic nitrogens is 2. The Morgan fingerprint density at radius 1 is 0.923 bits per heavy atom. The van der Waals surface area contributed by atoms with E-state index in [1.165, 1.54) is 0 Å². The zero-order chi connectivity index (χ0) is 27.1. The quantitative estimate of drug-likeness (QED) is 0.166. The van der Waals surface area contributed by atoms with E-state index in [0.29, 0.717) is 32.7 Å². The summed E-state index contributed by atoms with van der Waals surface area (Å²) < 4.78 is 6.74. The summed E-state index contributed by atoms with van der Waals surface area (Å²) in [5.74, 6) is -0.0984. The molecule has 6 nitrogen and oxygen atoms in total. The minimum atomic E-state index is -0.576. The van der Waals surface area contributed by atoms with Gasteiger partial charge in [0, 0.05) is 36.8 Å². The van der Waals surface area contributed by atoms with Gasteiger partial charge in [-0.25, -0.2) is 0 Å². The van der Waals surface area contributed by atoms with Gasteiger partial charge in [-0.05, 0) is 29.7 Å². The number of carbonyl (C=O) groups excluding carboxylic acids is 2. The number of nitrogens with zero attached hydrogens (tertiary/aromatic N) is 3. The number of likely N-dealkylation sites (tertiary alicyclic amines) is 1. The van der Waals surface area contributed by atoms with Crippen LogP contribution in [0, 0.1) is 0 Å². The highest BCUT2D eigenvalue weighted by atomic mass is 16.5. The molecule has 6 heteroatoms. The lowest BCUT2D eigenvalue weighted by Gasteiger charge is -2.47. The molecule has 1 aliphatic rings. The van der Waals surface area contributed by atoms with E-state index in [2.05, 4.69) is 82.8 Å². The molecule has 0 unspecified atom stereocenters. The second-order valence-electron chi connectivity index (χ2n) is 9.66. The van der Waals surface area contributed by atoms with E-state index in [1.807, 2.05) is 30.5 Å². The maximum Gasteiger partial charge on any atom is 0.307 e. The molecule has 0 radical (unpaired) electrons. The Labute approximate surface area is 229 Å². The van der Waals surface area contributed by atoms with Crippen molar-refractivity contribution in [3.05, 3.63) is 131 Å². The topological polar surface area (TPSA) is 64.4 Å². The van der Waals surface area contributed by atoms with Crippen LogP contribution in [0.1, 0.15) is 42.0 Å². The molecule has 1 aromatic heterocycles. The molecule has 0 aliphatic carbocycles. The molecule has 1 fully saturated rings. The molecule has 0 amide bonds. The summed E-state index contributed by atoms with van der Waals surface area (Å²) in [6.07, 6.45) is 6.23. The van der Waals surface area contributed by atoms with Gasteiger partial charge in [0.2, 0.25) is 0 Å². The Kier molecular flexibility index (Phi) is 8.13. The zero-order valence-electron chi connectivity index (χ0n) is 22.2. The Hall–Kier alpha value is -4.29. The number of esters is 1. The van der Waals surface area contributed by atoms with E-state index in [0.717, 1.165) is 27.8 Å². The molecule has 3 aromatic carbocycles. The fourth-order valence-electron chi connectivity index (χ4n) is 5.48. The van der Waals surface area contributed by atoms with Gasteiger partial charge in [-0.15, -0.1) is 0 Å². The van der Waals surface area contributed by atoms with Gasteiger partial charge in [-0.1, -0.05) is 91.0 Å². The van der Waals surface area contributed by atoms with E-state index in [1.54, 1.807) is 17.8 Å². The maximum atomic E-state index is 13.2. The molecule has 4 aromatic rings. The van der Waals surface area contributed by atoms with Crippen LogP contribution in [0.2, 0.25) is 0 Å². The van der Waals surface area contributed by atoms with Crippen molar-refractivity contribution >= 4 is 17.8 Å². The molecule has 1 aliphatic heterocycles. The van der Waals surface area contributed by atoms with Crippen molar-refractivity contribution in [3.8, 4) is 0 Å². The highest BCUT2D eigenvalue weighted by molar-refractivity contribution is 6.00.